The highest BCUT2D eigenvalue weighted by atomic mass is 35.5. The molecular formula is C18H19ClN6O3. The molecule has 3 aromatic rings. The first-order chi connectivity index (χ1) is 13.4. The van der Waals surface area contributed by atoms with Crippen LogP contribution in [0.4, 0.5) is 0 Å². The Morgan fingerprint density at radius 3 is 2.71 bits per heavy atom. The number of rotatable bonds is 3. The smallest absolute Gasteiger partial charge is 0.303 e. The molecule has 0 unspecified atom stereocenters. The van der Waals surface area contributed by atoms with Gasteiger partial charge in [0, 0.05) is 20.0 Å². The van der Waals surface area contributed by atoms with Crippen molar-refractivity contribution in [2.45, 2.75) is 38.8 Å². The lowest BCUT2D eigenvalue weighted by Crippen LogP contribution is -2.44. The number of fused-ring (bicyclic) bond motifs is 3. The molecule has 0 spiro atoms. The average Bonchev–Trinajstić information content (AvgIpc) is 3.11. The van der Waals surface area contributed by atoms with Crippen LogP contribution >= 0.6 is 11.6 Å². The number of esters is 1. The van der Waals surface area contributed by atoms with E-state index in [9.17, 15) is 9.59 Å². The van der Waals surface area contributed by atoms with Gasteiger partial charge in [-0.2, -0.15) is 0 Å². The summed E-state index contributed by atoms with van der Waals surface area (Å²) >= 11 is 6.07. The molecule has 1 amide bonds. The molecule has 1 aliphatic heterocycles. The zero-order valence-electron chi connectivity index (χ0n) is 15.5. The average molecular weight is 403 g/mol. The molecule has 0 aliphatic carbocycles. The van der Waals surface area contributed by atoms with E-state index in [0.717, 1.165) is 11.0 Å². The third-order valence-corrected chi connectivity index (χ3v) is 5.13. The Balaban J connectivity index is 1.57. The molecule has 1 atom stereocenters. The summed E-state index contributed by atoms with van der Waals surface area (Å²) in [6.45, 7) is 3.99. The van der Waals surface area contributed by atoms with Crippen molar-refractivity contribution in [2.24, 2.45) is 0 Å². The van der Waals surface area contributed by atoms with Crippen LogP contribution in [0.15, 0.2) is 18.3 Å². The van der Waals surface area contributed by atoms with Crippen LogP contribution in [0.1, 0.15) is 32.7 Å². The van der Waals surface area contributed by atoms with Gasteiger partial charge in [-0.25, -0.2) is 9.67 Å². The third kappa shape index (κ3) is 3.37. The lowest BCUT2D eigenvalue weighted by Gasteiger charge is -2.33. The Morgan fingerprint density at radius 2 is 2.00 bits per heavy atom. The van der Waals surface area contributed by atoms with E-state index in [1.54, 1.807) is 24.1 Å². The van der Waals surface area contributed by atoms with Gasteiger partial charge in [-0.1, -0.05) is 16.8 Å². The van der Waals surface area contributed by atoms with E-state index in [1.165, 1.54) is 6.92 Å². The lowest BCUT2D eigenvalue weighted by molar-refractivity contribution is -0.158. The number of ether oxygens (including phenoxy) is 1. The van der Waals surface area contributed by atoms with Gasteiger partial charge >= 0.3 is 5.97 Å². The van der Waals surface area contributed by atoms with Crippen molar-refractivity contribution in [3.8, 4) is 0 Å². The highest BCUT2D eigenvalue weighted by molar-refractivity contribution is 6.30. The predicted octanol–water partition coefficient (Wildman–Crippen LogP) is 2.14. The molecule has 1 saturated heterocycles. The number of hydrogen-bond acceptors (Lipinski definition) is 7. The van der Waals surface area contributed by atoms with Crippen LogP contribution < -0.4 is 0 Å². The second-order valence-corrected chi connectivity index (χ2v) is 7.22. The summed E-state index contributed by atoms with van der Waals surface area (Å²) < 4.78 is 6.86. The van der Waals surface area contributed by atoms with E-state index < -0.39 is 12.1 Å². The predicted molar refractivity (Wildman–Crippen MR) is 102 cm³/mol. The van der Waals surface area contributed by atoms with Gasteiger partial charge in [-0.3, -0.25) is 14.6 Å². The lowest BCUT2D eigenvalue weighted by atomic mass is 10.0. The summed E-state index contributed by atoms with van der Waals surface area (Å²) in [6, 6.07) is 3.59. The van der Waals surface area contributed by atoms with E-state index in [2.05, 4.69) is 20.3 Å². The Kier molecular flexibility index (Phi) is 4.84. The second kappa shape index (κ2) is 7.31. The van der Waals surface area contributed by atoms with Gasteiger partial charge in [0.25, 0.3) is 5.91 Å². The van der Waals surface area contributed by atoms with Gasteiger partial charge in [0.1, 0.15) is 21.7 Å². The number of hydrogen-bond donors (Lipinski definition) is 0. The summed E-state index contributed by atoms with van der Waals surface area (Å²) in [5.41, 5.74) is 2.84. The van der Waals surface area contributed by atoms with Crippen LogP contribution in [0.2, 0.25) is 5.15 Å². The molecule has 28 heavy (non-hydrogen) atoms. The van der Waals surface area contributed by atoms with E-state index in [0.29, 0.717) is 42.1 Å². The number of nitrogens with zero attached hydrogens (tertiary/aromatic N) is 6. The Labute approximate surface area is 165 Å². The first-order valence-corrected chi connectivity index (χ1v) is 9.44. The molecule has 10 heteroatoms. The largest absolute Gasteiger partial charge is 0.453 e. The quantitative estimate of drug-likeness (QED) is 0.488. The molecule has 4 rings (SSSR count). The minimum Gasteiger partial charge on any atom is -0.453 e. The Hall–Kier alpha value is -2.81. The van der Waals surface area contributed by atoms with Crippen molar-refractivity contribution < 1.29 is 14.3 Å². The third-order valence-electron chi connectivity index (χ3n) is 4.92. The summed E-state index contributed by atoms with van der Waals surface area (Å²) in [6.07, 6.45) is 2.32. The maximum absolute atomic E-state index is 12.4. The minimum absolute atomic E-state index is 0.0736. The summed E-state index contributed by atoms with van der Waals surface area (Å²) in [5.74, 6) is -0.642. The maximum Gasteiger partial charge on any atom is 0.303 e. The van der Waals surface area contributed by atoms with E-state index in [-0.39, 0.29) is 11.9 Å². The molecule has 9 nitrogen and oxygen atoms in total. The summed E-state index contributed by atoms with van der Waals surface area (Å²) in [4.78, 5) is 34.0. The number of amides is 1. The summed E-state index contributed by atoms with van der Waals surface area (Å²) in [7, 11) is 0. The van der Waals surface area contributed by atoms with Crippen molar-refractivity contribution in [3.05, 3.63) is 23.5 Å². The highest BCUT2D eigenvalue weighted by Crippen LogP contribution is 2.29. The zero-order chi connectivity index (χ0) is 19.8. The second-order valence-electron chi connectivity index (χ2n) is 6.84. The fourth-order valence-corrected chi connectivity index (χ4v) is 3.75. The molecule has 3 aromatic heterocycles. The number of piperidine rings is 1. The molecule has 0 bridgehead atoms. The van der Waals surface area contributed by atoms with Crippen LogP contribution in [-0.4, -0.2) is 60.9 Å². The van der Waals surface area contributed by atoms with Crippen LogP contribution in [0.25, 0.3) is 22.1 Å². The molecule has 4 heterocycles. The van der Waals surface area contributed by atoms with E-state index in [1.807, 2.05) is 10.7 Å². The van der Waals surface area contributed by atoms with Crippen molar-refractivity contribution in [1.82, 2.24) is 29.9 Å². The van der Waals surface area contributed by atoms with Crippen molar-refractivity contribution in [1.29, 1.82) is 0 Å². The van der Waals surface area contributed by atoms with Crippen LogP contribution in [0, 0.1) is 0 Å². The van der Waals surface area contributed by atoms with Crippen LogP contribution in [-0.2, 0) is 14.3 Å². The number of likely N-dealkylation sites (tertiary alicyclic amines) is 1. The number of pyridine rings is 2. The fraction of sp³-hybridized carbons (Fsp3) is 0.444. The molecule has 0 aromatic carbocycles. The van der Waals surface area contributed by atoms with Crippen LogP contribution in [0.5, 0.6) is 0 Å². The van der Waals surface area contributed by atoms with E-state index in [4.69, 9.17) is 16.3 Å². The first kappa shape index (κ1) is 18.5. The zero-order valence-corrected chi connectivity index (χ0v) is 16.3. The number of carbonyl (C=O) groups is 2. The van der Waals surface area contributed by atoms with Gasteiger partial charge in [0.2, 0.25) is 0 Å². The van der Waals surface area contributed by atoms with E-state index >= 15 is 0 Å². The van der Waals surface area contributed by atoms with Crippen LogP contribution in [0.3, 0.4) is 0 Å². The molecule has 1 fully saturated rings. The maximum atomic E-state index is 12.4. The number of halogens is 1. The van der Waals surface area contributed by atoms with Gasteiger partial charge in [-0.15, -0.1) is 5.10 Å². The first-order valence-electron chi connectivity index (χ1n) is 9.06. The van der Waals surface area contributed by atoms with Crippen molar-refractivity contribution in [2.75, 3.05) is 13.1 Å². The van der Waals surface area contributed by atoms with Gasteiger partial charge < -0.3 is 9.64 Å². The molecule has 1 aliphatic rings. The number of aromatic nitrogens is 5. The van der Waals surface area contributed by atoms with Crippen molar-refractivity contribution >= 4 is 45.5 Å². The SMILES string of the molecule is CC(=O)O[C@@H](C)C(=O)N1CCC(n2nnc3cnc4ccc(Cl)nc4c32)CC1. The van der Waals surface area contributed by atoms with Crippen molar-refractivity contribution in [3.63, 3.8) is 0 Å². The highest BCUT2D eigenvalue weighted by Gasteiger charge is 2.29. The minimum atomic E-state index is -0.775. The topological polar surface area (TPSA) is 103 Å². The molecule has 0 N–H and O–H groups in total. The summed E-state index contributed by atoms with van der Waals surface area (Å²) in [5, 5.41) is 8.92. The monoisotopic (exact) mass is 402 g/mol. The Bertz CT molecular complexity index is 1060. The Morgan fingerprint density at radius 1 is 1.25 bits per heavy atom. The standard InChI is InChI=1S/C18H19ClN6O3/c1-10(28-11(2)26)18(27)24-7-5-12(6-8-24)25-17-14(22-23-25)9-20-13-3-4-15(19)21-16(13)17/h3-4,9-10,12H,5-8H2,1-2H3/t10-/m0/s1. The normalized spacial score (nSPS) is 16.5. The number of carbonyl (C=O) groups excluding carboxylic acids is 2. The van der Waals surface area contributed by atoms with Gasteiger partial charge in [-0.05, 0) is 31.9 Å². The van der Waals surface area contributed by atoms with Gasteiger partial charge in [0.15, 0.2) is 6.10 Å². The molecular weight excluding hydrogens is 384 g/mol. The fourth-order valence-electron chi connectivity index (χ4n) is 3.60. The molecule has 0 saturated carbocycles. The molecule has 146 valence electrons. The molecule has 0 radical (unpaired) electrons. The van der Waals surface area contributed by atoms with Gasteiger partial charge in [0.05, 0.1) is 17.8 Å².